The highest BCUT2D eigenvalue weighted by Gasteiger charge is 2.28. The molecule has 96 valence electrons. The summed E-state index contributed by atoms with van der Waals surface area (Å²) in [6.07, 6.45) is 3.37. The Balaban J connectivity index is 2.25. The van der Waals surface area contributed by atoms with Gasteiger partial charge in [0.05, 0.1) is 23.2 Å². The van der Waals surface area contributed by atoms with Gasteiger partial charge in [-0.3, -0.25) is 4.68 Å². The summed E-state index contributed by atoms with van der Waals surface area (Å²) < 4.78 is 25.2. The Morgan fingerprint density at radius 2 is 2.35 bits per heavy atom. The van der Waals surface area contributed by atoms with Gasteiger partial charge in [-0.05, 0) is 32.9 Å². The Kier molecular flexibility index (Phi) is 3.53. The highest BCUT2D eigenvalue weighted by Crippen LogP contribution is 2.25. The molecule has 1 saturated heterocycles. The van der Waals surface area contributed by atoms with E-state index in [4.69, 9.17) is 0 Å². The molecule has 1 aliphatic rings. The van der Waals surface area contributed by atoms with Gasteiger partial charge in [-0.15, -0.1) is 0 Å². The second-order valence-corrected chi connectivity index (χ2v) is 6.85. The van der Waals surface area contributed by atoms with E-state index in [2.05, 4.69) is 10.4 Å². The van der Waals surface area contributed by atoms with Crippen LogP contribution in [-0.2, 0) is 9.84 Å². The Hall–Kier alpha value is -0.880. The second-order valence-electron chi connectivity index (χ2n) is 4.62. The number of nitrogens with zero attached hydrogens (tertiary/aromatic N) is 2. The topological polar surface area (TPSA) is 64.0 Å². The third-order valence-electron chi connectivity index (χ3n) is 3.36. The first-order valence-electron chi connectivity index (χ1n) is 5.94. The van der Waals surface area contributed by atoms with Gasteiger partial charge in [-0.1, -0.05) is 0 Å². The van der Waals surface area contributed by atoms with Gasteiger partial charge in [-0.25, -0.2) is 8.42 Å². The van der Waals surface area contributed by atoms with Crippen molar-refractivity contribution in [2.45, 2.75) is 31.8 Å². The predicted octanol–water partition coefficient (Wildman–Crippen LogP) is 0.913. The molecular formula is C11H19N3O2S. The first-order chi connectivity index (χ1) is 8.03. The normalized spacial score (nSPS) is 25.6. The fraction of sp³-hybridized carbons (Fsp3) is 0.727. The van der Waals surface area contributed by atoms with Crippen molar-refractivity contribution in [1.29, 1.82) is 0 Å². The third-order valence-corrected chi connectivity index (χ3v) is 5.17. The maximum atomic E-state index is 11.7. The predicted molar refractivity (Wildman–Crippen MR) is 66.6 cm³/mol. The maximum Gasteiger partial charge on any atom is 0.152 e. The molecule has 0 radical (unpaired) electrons. The van der Waals surface area contributed by atoms with E-state index in [9.17, 15) is 8.42 Å². The highest BCUT2D eigenvalue weighted by molar-refractivity contribution is 7.91. The summed E-state index contributed by atoms with van der Waals surface area (Å²) in [5.74, 6) is 0.541. The highest BCUT2D eigenvalue weighted by atomic mass is 32.2. The van der Waals surface area contributed by atoms with Crippen molar-refractivity contribution in [3.05, 3.63) is 18.0 Å². The van der Waals surface area contributed by atoms with Crippen LogP contribution in [0.2, 0.25) is 0 Å². The standard InChI is InChI=1S/C11H19N3O2S/c1-9(12-2)11-5-6-13-14(11)10-4-3-7-17(15,16)8-10/h5-6,9-10,12H,3-4,7-8H2,1-2H3. The molecule has 0 saturated carbocycles. The van der Waals surface area contributed by atoms with Crippen LogP contribution >= 0.6 is 0 Å². The molecule has 2 unspecified atom stereocenters. The Labute approximate surface area is 102 Å². The van der Waals surface area contributed by atoms with Crippen molar-refractivity contribution in [3.8, 4) is 0 Å². The summed E-state index contributed by atoms with van der Waals surface area (Å²) in [5, 5.41) is 7.44. The molecule has 1 N–H and O–H groups in total. The average Bonchev–Trinajstić information content (AvgIpc) is 2.75. The van der Waals surface area contributed by atoms with Gasteiger partial charge in [0.2, 0.25) is 0 Å². The zero-order valence-electron chi connectivity index (χ0n) is 10.3. The summed E-state index contributed by atoms with van der Waals surface area (Å²) in [5.41, 5.74) is 1.05. The van der Waals surface area contributed by atoms with Crippen LogP contribution in [0.5, 0.6) is 0 Å². The largest absolute Gasteiger partial charge is 0.312 e. The summed E-state index contributed by atoms with van der Waals surface area (Å²) in [6, 6.07) is 2.12. The number of sulfone groups is 1. The zero-order valence-corrected chi connectivity index (χ0v) is 11.1. The SMILES string of the molecule is CNC(C)c1ccnn1C1CCCS(=O)(=O)C1. The van der Waals surface area contributed by atoms with Crippen molar-refractivity contribution in [2.75, 3.05) is 18.6 Å². The van der Waals surface area contributed by atoms with Gasteiger partial charge in [-0.2, -0.15) is 5.10 Å². The molecule has 17 heavy (non-hydrogen) atoms. The summed E-state index contributed by atoms with van der Waals surface area (Å²) in [7, 11) is -1.000. The van der Waals surface area contributed by atoms with Gasteiger partial charge >= 0.3 is 0 Å². The Morgan fingerprint density at radius 1 is 1.59 bits per heavy atom. The molecule has 5 nitrogen and oxygen atoms in total. The van der Waals surface area contributed by atoms with Crippen LogP contribution in [0, 0.1) is 0 Å². The fourth-order valence-corrected chi connectivity index (χ4v) is 3.98. The molecular weight excluding hydrogens is 238 g/mol. The molecule has 0 bridgehead atoms. The van der Waals surface area contributed by atoms with E-state index in [0.29, 0.717) is 5.75 Å². The lowest BCUT2D eigenvalue weighted by molar-refractivity contribution is 0.408. The molecule has 0 amide bonds. The smallest absolute Gasteiger partial charge is 0.152 e. The summed E-state index contributed by atoms with van der Waals surface area (Å²) in [4.78, 5) is 0. The van der Waals surface area contributed by atoms with Crippen LogP contribution in [0.15, 0.2) is 12.3 Å². The lowest BCUT2D eigenvalue weighted by atomic mass is 10.1. The van der Waals surface area contributed by atoms with Gasteiger partial charge in [0.25, 0.3) is 0 Å². The maximum absolute atomic E-state index is 11.7. The third kappa shape index (κ3) is 2.69. The minimum Gasteiger partial charge on any atom is -0.312 e. The zero-order chi connectivity index (χ0) is 12.5. The number of rotatable bonds is 3. The molecule has 0 aromatic carbocycles. The van der Waals surface area contributed by atoms with E-state index in [-0.39, 0.29) is 17.8 Å². The van der Waals surface area contributed by atoms with Crippen LogP contribution in [0.25, 0.3) is 0 Å². The lowest BCUT2D eigenvalue weighted by Crippen LogP contribution is -2.30. The van der Waals surface area contributed by atoms with Crippen molar-refractivity contribution in [1.82, 2.24) is 15.1 Å². The Bertz CT molecular complexity index is 481. The van der Waals surface area contributed by atoms with Crippen molar-refractivity contribution in [2.24, 2.45) is 0 Å². The van der Waals surface area contributed by atoms with Crippen LogP contribution in [0.3, 0.4) is 0 Å². The van der Waals surface area contributed by atoms with Crippen molar-refractivity contribution >= 4 is 9.84 Å². The molecule has 1 fully saturated rings. The molecule has 2 rings (SSSR count). The van der Waals surface area contributed by atoms with Crippen LogP contribution in [0.4, 0.5) is 0 Å². The van der Waals surface area contributed by atoms with Crippen LogP contribution < -0.4 is 5.32 Å². The van der Waals surface area contributed by atoms with E-state index in [1.54, 1.807) is 6.20 Å². The molecule has 1 aliphatic heterocycles. The van der Waals surface area contributed by atoms with E-state index < -0.39 is 9.84 Å². The number of nitrogens with one attached hydrogen (secondary N) is 1. The molecule has 0 spiro atoms. The number of hydrogen-bond acceptors (Lipinski definition) is 4. The quantitative estimate of drug-likeness (QED) is 0.874. The van der Waals surface area contributed by atoms with Gasteiger partial charge in [0.15, 0.2) is 9.84 Å². The summed E-state index contributed by atoms with van der Waals surface area (Å²) >= 11 is 0. The molecule has 2 heterocycles. The van der Waals surface area contributed by atoms with Crippen LogP contribution in [0.1, 0.15) is 37.5 Å². The van der Waals surface area contributed by atoms with E-state index in [1.165, 1.54) is 0 Å². The van der Waals surface area contributed by atoms with Gasteiger partial charge in [0, 0.05) is 12.2 Å². The first kappa shape index (κ1) is 12.6. The fourth-order valence-electron chi connectivity index (χ4n) is 2.31. The summed E-state index contributed by atoms with van der Waals surface area (Å²) in [6.45, 7) is 2.05. The minimum absolute atomic E-state index is 0.00505. The second kappa shape index (κ2) is 4.78. The molecule has 1 aromatic heterocycles. The van der Waals surface area contributed by atoms with Crippen molar-refractivity contribution in [3.63, 3.8) is 0 Å². The van der Waals surface area contributed by atoms with E-state index in [1.807, 2.05) is 24.7 Å². The number of hydrogen-bond donors (Lipinski definition) is 1. The molecule has 6 heteroatoms. The Morgan fingerprint density at radius 3 is 3.00 bits per heavy atom. The van der Waals surface area contributed by atoms with Gasteiger partial charge in [0.1, 0.15) is 0 Å². The number of aromatic nitrogens is 2. The van der Waals surface area contributed by atoms with E-state index in [0.717, 1.165) is 18.5 Å². The first-order valence-corrected chi connectivity index (χ1v) is 7.77. The van der Waals surface area contributed by atoms with E-state index >= 15 is 0 Å². The van der Waals surface area contributed by atoms with Crippen LogP contribution in [-0.4, -0.2) is 36.8 Å². The average molecular weight is 257 g/mol. The molecule has 1 aromatic rings. The lowest BCUT2D eigenvalue weighted by Gasteiger charge is -2.25. The molecule has 0 aliphatic carbocycles. The monoisotopic (exact) mass is 257 g/mol. The van der Waals surface area contributed by atoms with Crippen molar-refractivity contribution < 1.29 is 8.42 Å². The van der Waals surface area contributed by atoms with Gasteiger partial charge < -0.3 is 5.32 Å². The minimum atomic E-state index is -2.89. The molecule has 2 atom stereocenters.